The normalized spacial score (nSPS) is 14.7. The van der Waals surface area contributed by atoms with Crippen molar-refractivity contribution >= 4 is 21.7 Å². The molecule has 0 heterocycles. The Morgan fingerprint density at radius 1 is 1.53 bits per heavy atom. The van der Waals surface area contributed by atoms with Crippen molar-refractivity contribution in [2.75, 3.05) is 0 Å². The Labute approximate surface area is 99.0 Å². The van der Waals surface area contributed by atoms with Crippen LogP contribution >= 0.6 is 15.9 Å². The first-order valence-electron chi connectivity index (χ1n) is 5.02. The Morgan fingerprint density at radius 2 is 2.20 bits per heavy atom. The van der Waals surface area contributed by atoms with E-state index >= 15 is 0 Å². The molecule has 0 fully saturated rings. The summed E-state index contributed by atoms with van der Waals surface area (Å²) in [6.45, 7) is 3.71. The molecule has 1 aromatic carbocycles. The quantitative estimate of drug-likeness (QED) is 0.914. The Kier molecular flexibility index (Phi) is 4.05. The van der Waals surface area contributed by atoms with Crippen LogP contribution in [0.1, 0.15) is 25.8 Å². The van der Waals surface area contributed by atoms with Gasteiger partial charge in [-0.2, -0.15) is 0 Å². The third-order valence-corrected chi connectivity index (χ3v) is 3.12. The minimum absolute atomic E-state index is 0.0862. The average Bonchev–Trinajstić information content (AvgIpc) is 2.17. The maximum absolute atomic E-state index is 11.8. The highest BCUT2D eigenvalue weighted by molar-refractivity contribution is 9.10. The molecular weight excluding hydrogens is 254 g/mol. The van der Waals surface area contributed by atoms with E-state index < -0.39 is 5.54 Å². The molecule has 0 saturated heterocycles. The second-order valence-corrected chi connectivity index (χ2v) is 4.92. The van der Waals surface area contributed by atoms with Gasteiger partial charge in [-0.1, -0.05) is 35.0 Å². The van der Waals surface area contributed by atoms with E-state index in [0.717, 1.165) is 10.0 Å². The van der Waals surface area contributed by atoms with Crippen molar-refractivity contribution in [2.24, 2.45) is 5.73 Å². The first kappa shape index (κ1) is 12.4. The van der Waals surface area contributed by atoms with Crippen molar-refractivity contribution in [3.8, 4) is 0 Å². The number of nitrogens with two attached hydrogens (primary N) is 1. The molecule has 0 saturated carbocycles. The Bertz CT molecular complexity index is 360. The number of carbonyl (C=O) groups excluding carboxylic acids is 1. The summed E-state index contributed by atoms with van der Waals surface area (Å²) in [7, 11) is 0. The maximum atomic E-state index is 11.8. The van der Waals surface area contributed by atoms with E-state index in [4.69, 9.17) is 5.73 Å². The molecule has 3 heteroatoms. The van der Waals surface area contributed by atoms with Crippen molar-refractivity contribution in [3.63, 3.8) is 0 Å². The summed E-state index contributed by atoms with van der Waals surface area (Å²) < 4.78 is 0.989. The standard InChI is InChI=1S/C12H16BrNO/c1-3-12(2,14)11(15)8-9-5-4-6-10(13)7-9/h4-7H,3,8,14H2,1-2H3. The zero-order valence-corrected chi connectivity index (χ0v) is 10.7. The van der Waals surface area contributed by atoms with E-state index in [-0.39, 0.29) is 5.78 Å². The van der Waals surface area contributed by atoms with E-state index in [9.17, 15) is 4.79 Å². The van der Waals surface area contributed by atoms with Gasteiger partial charge in [0.2, 0.25) is 0 Å². The van der Waals surface area contributed by atoms with E-state index in [1.807, 2.05) is 31.2 Å². The van der Waals surface area contributed by atoms with Gasteiger partial charge in [-0.15, -0.1) is 0 Å². The summed E-state index contributed by atoms with van der Waals surface area (Å²) in [5.74, 6) is 0.0862. The molecule has 2 nitrogen and oxygen atoms in total. The van der Waals surface area contributed by atoms with Crippen LogP contribution in [-0.2, 0) is 11.2 Å². The van der Waals surface area contributed by atoms with Gasteiger partial charge >= 0.3 is 0 Å². The Hall–Kier alpha value is -0.670. The minimum atomic E-state index is -0.706. The molecule has 1 atom stereocenters. The smallest absolute Gasteiger partial charge is 0.156 e. The summed E-state index contributed by atoms with van der Waals surface area (Å²) in [5.41, 5.74) is 6.18. The van der Waals surface area contributed by atoms with Crippen molar-refractivity contribution in [1.29, 1.82) is 0 Å². The SMILES string of the molecule is CCC(C)(N)C(=O)Cc1cccc(Br)c1. The van der Waals surface area contributed by atoms with Crippen LogP contribution in [0.25, 0.3) is 0 Å². The zero-order chi connectivity index (χ0) is 11.5. The number of halogens is 1. The number of Topliss-reactive ketones (excluding diaryl/α,β-unsaturated/α-hetero) is 1. The molecule has 82 valence electrons. The molecule has 1 unspecified atom stereocenters. The van der Waals surface area contributed by atoms with Crippen molar-refractivity contribution in [1.82, 2.24) is 0 Å². The second kappa shape index (κ2) is 4.90. The maximum Gasteiger partial charge on any atom is 0.156 e. The fourth-order valence-electron chi connectivity index (χ4n) is 1.23. The monoisotopic (exact) mass is 269 g/mol. The van der Waals surface area contributed by atoms with Crippen LogP contribution in [0.5, 0.6) is 0 Å². The second-order valence-electron chi connectivity index (χ2n) is 4.00. The van der Waals surface area contributed by atoms with Crippen LogP contribution in [0.2, 0.25) is 0 Å². The van der Waals surface area contributed by atoms with Crippen molar-refractivity contribution < 1.29 is 4.79 Å². The predicted molar refractivity (Wildman–Crippen MR) is 65.7 cm³/mol. The lowest BCUT2D eigenvalue weighted by molar-refractivity contribution is -0.123. The molecule has 0 amide bonds. The molecule has 0 aliphatic rings. The third kappa shape index (κ3) is 3.43. The van der Waals surface area contributed by atoms with E-state index in [0.29, 0.717) is 12.8 Å². The van der Waals surface area contributed by atoms with Crippen LogP contribution in [0.15, 0.2) is 28.7 Å². The lowest BCUT2D eigenvalue weighted by Crippen LogP contribution is -2.45. The number of hydrogen-bond donors (Lipinski definition) is 1. The number of carbonyl (C=O) groups is 1. The molecule has 0 aliphatic heterocycles. The van der Waals surface area contributed by atoms with Gasteiger partial charge < -0.3 is 5.73 Å². The van der Waals surface area contributed by atoms with Crippen LogP contribution < -0.4 is 5.73 Å². The average molecular weight is 270 g/mol. The summed E-state index contributed by atoms with van der Waals surface area (Å²) in [6.07, 6.45) is 1.07. The zero-order valence-electron chi connectivity index (χ0n) is 9.09. The first-order valence-corrected chi connectivity index (χ1v) is 5.81. The molecule has 0 radical (unpaired) electrons. The van der Waals surface area contributed by atoms with Crippen LogP contribution in [0, 0.1) is 0 Å². The van der Waals surface area contributed by atoms with Gasteiger partial charge in [-0.05, 0) is 31.0 Å². The van der Waals surface area contributed by atoms with E-state index in [1.165, 1.54) is 0 Å². The lowest BCUT2D eigenvalue weighted by Gasteiger charge is -2.20. The third-order valence-electron chi connectivity index (χ3n) is 2.63. The molecule has 0 spiro atoms. The molecule has 2 N–H and O–H groups in total. The minimum Gasteiger partial charge on any atom is -0.319 e. The number of hydrogen-bond acceptors (Lipinski definition) is 2. The number of rotatable bonds is 4. The van der Waals surface area contributed by atoms with Crippen molar-refractivity contribution in [3.05, 3.63) is 34.3 Å². The first-order chi connectivity index (χ1) is 6.95. The fourth-order valence-corrected chi connectivity index (χ4v) is 1.68. The van der Waals surface area contributed by atoms with Crippen LogP contribution in [-0.4, -0.2) is 11.3 Å². The van der Waals surface area contributed by atoms with Gasteiger partial charge in [0.05, 0.1) is 5.54 Å². The summed E-state index contributed by atoms with van der Waals surface area (Å²) in [5, 5.41) is 0. The van der Waals surface area contributed by atoms with E-state index in [2.05, 4.69) is 15.9 Å². The fraction of sp³-hybridized carbons (Fsp3) is 0.417. The number of ketones is 1. The van der Waals surface area contributed by atoms with E-state index in [1.54, 1.807) is 6.92 Å². The van der Waals surface area contributed by atoms with Crippen molar-refractivity contribution in [2.45, 2.75) is 32.2 Å². The topological polar surface area (TPSA) is 43.1 Å². The van der Waals surface area contributed by atoms with Gasteiger partial charge in [0.25, 0.3) is 0 Å². The lowest BCUT2D eigenvalue weighted by atomic mass is 9.90. The highest BCUT2D eigenvalue weighted by Gasteiger charge is 2.25. The molecule has 0 aromatic heterocycles. The summed E-state index contributed by atoms with van der Waals surface area (Å²) in [6, 6.07) is 7.75. The summed E-state index contributed by atoms with van der Waals surface area (Å²) >= 11 is 3.38. The highest BCUT2D eigenvalue weighted by Crippen LogP contribution is 2.15. The molecular formula is C12H16BrNO. The molecule has 1 aromatic rings. The predicted octanol–water partition coefficient (Wildman–Crippen LogP) is 2.69. The van der Waals surface area contributed by atoms with Gasteiger partial charge in [-0.25, -0.2) is 0 Å². The van der Waals surface area contributed by atoms with Crippen LogP contribution in [0.3, 0.4) is 0 Å². The van der Waals surface area contributed by atoms with Crippen LogP contribution in [0.4, 0.5) is 0 Å². The largest absolute Gasteiger partial charge is 0.319 e. The Morgan fingerprint density at radius 3 is 2.73 bits per heavy atom. The molecule has 0 bridgehead atoms. The highest BCUT2D eigenvalue weighted by atomic mass is 79.9. The molecule has 1 rings (SSSR count). The van der Waals surface area contributed by atoms with Gasteiger partial charge in [0, 0.05) is 10.9 Å². The van der Waals surface area contributed by atoms with Gasteiger partial charge in [0.1, 0.15) is 0 Å². The molecule has 0 aliphatic carbocycles. The van der Waals surface area contributed by atoms with Gasteiger partial charge in [-0.3, -0.25) is 4.79 Å². The molecule has 15 heavy (non-hydrogen) atoms. The summed E-state index contributed by atoms with van der Waals surface area (Å²) in [4.78, 5) is 11.8. The number of benzene rings is 1. The van der Waals surface area contributed by atoms with Gasteiger partial charge in [0.15, 0.2) is 5.78 Å². The Balaban J connectivity index is 2.75.